The van der Waals surface area contributed by atoms with Gasteiger partial charge >= 0.3 is 0 Å². The highest BCUT2D eigenvalue weighted by Gasteiger charge is 2.10. The van der Waals surface area contributed by atoms with Crippen molar-refractivity contribution < 1.29 is 14.3 Å². The second-order valence-electron chi connectivity index (χ2n) is 7.21. The highest BCUT2D eigenvalue weighted by Crippen LogP contribution is 2.16. The molecule has 0 aliphatic carbocycles. The monoisotopic (exact) mass is 427 g/mol. The Balaban J connectivity index is 1.87. The summed E-state index contributed by atoms with van der Waals surface area (Å²) >= 11 is 5.24. The van der Waals surface area contributed by atoms with Crippen LogP contribution in [0, 0.1) is 5.92 Å². The van der Waals surface area contributed by atoms with Gasteiger partial charge in [0.1, 0.15) is 5.75 Å². The standard InChI is InChI=1S/C23H29N3O3S/c1-4-5-6-14-29-20-12-10-17(11-13-20)22(28)26-23(30)25-19-9-7-8-18(15-19)24-21(27)16(2)3/h7-13,15-16H,4-6,14H2,1-3H3,(H,24,27)(H2,25,26,28,30). The average Bonchev–Trinajstić information content (AvgIpc) is 2.71. The van der Waals surface area contributed by atoms with E-state index in [-0.39, 0.29) is 22.8 Å². The molecule has 0 saturated carbocycles. The second kappa shape index (κ2) is 11.9. The first-order valence-corrected chi connectivity index (χ1v) is 10.6. The van der Waals surface area contributed by atoms with E-state index in [2.05, 4.69) is 22.9 Å². The predicted molar refractivity (Wildman–Crippen MR) is 125 cm³/mol. The van der Waals surface area contributed by atoms with Gasteiger partial charge in [0, 0.05) is 22.9 Å². The number of hydrogen-bond acceptors (Lipinski definition) is 4. The second-order valence-corrected chi connectivity index (χ2v) is 7.62. The molecule has 0 fully saturated rings. The van der Waals surface area contributed by atoms with Gasteiger partial charge in [0.05, 0.1) is 6.61 Å². The van der Waals surface area contributed by atoms with Crippen molar-refractivity contribution in [2.75, 3.05) is 17.2 Å². The van der Waals surface area contributed by atoms with Gasteiger partial charge in [-0.1, -0.05) is 39.7 Å². The first-order valence-electron chi connectivity index (χ1n) is 10.1. The quantitative estimate of drug-likeness (QED) is 0.389. The Labute approximate surface area is 183 Å². The van der Waals surface area contributed by atoms with Crippen LogP contribution in [0.1, 0.15) is 50.4 Å². The Hall–Kier alpha value is -2.93. The molecule has 6 nitrogen and oxygen atoms in total. The summed E-state index contributed by atoms with van der Waals surface area (Å²) in [5.41, 5.74) is 1.80. The Morgan fingerprint density at radius 1 is 1.00 bits per heavy atom. The summed E-state index contributed by atoms with van der Waals surface area (Å²) < 4.78 is 5.66. The number of benzene rings is 2. The van der Waals surface area contributed by atoms with Crippen molar-refractivity contribution in [1.82, 2.24) is 5.32 Å². The highest BCUT2D eigenvalue weighted by atomic mass is 32.1. The van der Waals surface area contributed by atoms with Crippen molar-refractivity contribution >= 4 is 40.5 Å². The SMILES string of the molecule is CCCCCOc1ccc(C(=O)NC(=S)Nc2cccc(NC(=O)C(C)C)c2)cc1. The largest absolute Gasteiger partial charge is 0.494 e. The number of rotatable bonds is 9. The summed E-state index contributed by atoms with van der Waals surface area (Å²) in [5.74, 6) is 0.244. The van der Waals surface area contributed by atoms with Gasteiger partial charge < -0.3 is 15.4 Å². The average molecular weight is 428 g/mol. The van der Waals surface area contributed by atoms with E-state index in [4.69, 9.17) is 17.0 Å². The van der Waals surface area contributed by atoms with Crippen molar-refractivity contribution in [3.05, 3.63) is 54.1 Å². The number of hydrogen-bond donors (Lipinski definition) is 3. The van der Waals surface area contributed by atoms with E-state index in [1.165, 1.54) is 0 Å². The minimum Gasteiger partial charge on any atom is -0.494 e. The molecule has 0 aromatic heterocycles. The third kappa shape index (κ3) is 7.83. The number of unbranched alkanes of at least 4 members (excludes halogenated alkanes) is 2. The van der Waals surface area contributed by atoms with Gasteiger partial charge in [-0.3, -0.25) is 14.9 Å². The fraction of sp³-hybridized carbons (Fsp3) is 0.348. The molecule has 0 heterocycles. The Bertz CT molecular complexity index is 866. The number of thiocarbonyl (C=S) groups is 1. The van der Waals surface area contributed by atoms with E-state index in [9.17, 15) is 9.59 Å². The van der Waals surface area contributed by atoms with E-state index < -0.39 is 0 Å². The van der Waals surface area contributed by atoms with Crippen LogP contribution in [0.4, 0.5) is 11.4 Å². The molecule has 0 aliphatic rings. The number of carbonyl (C=O) groups is 2. The van der Waals surface area contributed by atoms with Crippen molar-refractivity contribution in [1.29, 1.82) is 0 Å². The molecular weight excluding hydrogens is 398 g/mol. The van der Waals surface area contributed by atoms with Gasteiger partial charge in [0.15, 0.2) is 5.11 Å². The maximum absolute atomic E-state index is 12.4. The van der Waals surface area contributed by atoms with E-state index >= 15 is 0 Å². The zero-order valence-electron chi connectivity index (χ0n) is 17.7. The molecule has 0 atom stereocenters. The summed E-state index contributed by atoms with van der Waals surface area (Å²) in [4.78, 5) is 24.2. The smallest absolute Gasteiger partial charge is 0.257 e. The zero-order chi connectivity index (χ0) is 21.9. The fourth-order valence-electron chi connectivity index (χ4n) is 2.54. The molecule has 2 aromatic rings. The summed E-state index contributed by atoms with van der Waals surface area (Å²) in [6.45, 7) is 6.47. The fourth-order valence-corrected chi connectivity index (χ4v) is 2.75. The molecule has 0 aliphatic heterocycles. The number of nitrogens with one attached hydrogen (secondary N) is 3. The molecule has 160 valence electrons. The molecule has 0 spiro atoms. The summed E-state index contributed by atoms with van der Waals surface area (Å²) in [6, 6.07) is 14.1. The van der Waals surface area contributed by atoms with Crippen LogP contribution in [0.15, 0.2) is 48.5 Å². The molecule has 30 heavy (non-hydrogen) atoms. The van der Waals surface area contributed by atoms with E-state index in [0.717, 1.165) is 25.0 Å². The van der Waals surface area contributed by atoms with Gasteiger partial charge in [0.25, 0.3) is 5.91 Å². The first-order chi connectivity index (χ1) is 14.4. The van der Waals surface area contributed by atoms with Crippen molar-refractivity contribution in [3.63, 3.8) is 0 Å². The van der Waals surface area contributed by atoms with E-state index in [1.807, 2.05) is 13.8 Å². The maximum Gasteiger partial charge on any atom is 0.257 e. The maximum atomic E-state index is 12.4. The van der Waals surface area contributed by atoms with Crippen LogP contribution >= 0.6 is 12.2 Å². The van der Waals surface area contributed by atoms with Crippen molar-refractivity contribution in [3.8, 4) is 5.75 Å². The molecule has 3 N–H and O–H groups in total. The topological polar surface area (TPSA) is 79.5 Å². The molecular formula is C23H29N3O3S. The lowest BCUT2D eigenvalue weighted by Gasteiger charge is -2.12. The summed E-state index contributed by atoms with van der Waals surface area (Å²) in [7, 11) is 0. The van der Waals surface area contributed by atoms with Crippen molar-refractivity contribution in [2.45, 2.75) is 40.0 Å². The summed E-state index contributed by atoms with van der Waals surface area (Å²) in [6.07, 6.45) is 3.30. The highest BCUT2D eigenvalue weighted by molar-refractivity contribution is 7.80. The minimum atomic E-state index is -0.311. The molecule has 7 heteroatoms. The molecule has 0 radical (unpaired) electrons. The number of anilines is 2. The van der Waals surface area contributed by atoms with Crippen LogP contribution in [0.2, 0.25) is 0 Å². The van der Waals surface area contributed by atoms with Gasteiger partial charge in [-0.05, 0) is 61.1 Å². The molecule has 2 rings (SSSR count). The van der Waals surface area contributed by atoms with E-state index in [1.54, 1.807) is 48.5 Å². The molecule has 0 bridgehead atoms. The molecule has 2 aromatic carbocycles. The predicted octanol–water partition coefficient (Wildman–Crippen LogP) is 4.98. The van der Waals surface area contributed by atoms with Gasteiger partial charge in [-0.2, -0.15) is 0 Å². The number of carbonyl (C=O) groups excluding carboxylic acids is 2. The third-order valence-corrected chi connectivity index (χ3v) is 4.48. The van der Waals surface area contributed by atoms with Crippen molar-refractivity contribution in [2.24, 2.45) is 5.92 Å². The van der Waals surface area contributed by atoms with Crippen LogP contribution in [0.5, 0.6) is 5.75 Å². The lowest BCUT2D eigenvalue weighted by molar-refractivity contribution is -0.118. The summed E-state index contributed by atoms with van der Waals surface area (Å²) in [5, 5.41) is 8.62. The van der Waals surface area contributed by atoms with Crippen LogP contribution < -0.4 is 20.7 Å². The van der Waals surface area contributed by atoms with Crippen LogP contribution in [-0.4, -0.2) is 23.5 Å². The Morgan fingerprint density at radius 2 is 1.67 bits per heavy atom. The van der Waals surface area contributed by atoms with Gasteiger partial charge in [-0.25, -0.2) is 0 Å². The lowest BCUT2D eigenvalue weighted by Crippen LogP contribution is -2.34. The normalized spacial score (nSPS) is 10.4. The number of amides is 2. The van der Waals surface area contributed by atoms with Crippen LogP contribution in [-0.2, 0) is 4.79 Å². The molecule has 2 amide bonds. The lowest BCUT2D eigenvalue weighted by atomic mass is 10.2. The third-order valence-electron chi connectivity index (χ3n) is 4.27. The van der Waals surface area contributed by atoms with Crippen LogP contribution in [0.25, 0.3) is 0 Å². The van der Waals surface area contributed by atoms with Gasteiger partial charge in [-0.15, -0.1) is 0 Å². The van der Waals surface area contributed by atoms with Crippen LogP contribution in [0.3, 0.4) is 0 Å². The Kier molecular flexibility index (Phi) is 9.28. The Morgan fingerprint density at radius 3 is 2.30 bits per heavy atom. The first kappa shape index (κ1) is 23.3. The molecule has 0 unspecified atom stereocenters. The zero-order valence-corrected chi connectivity index (χ0v) is 18.5. The minimum absolute atomic E-state index is 0.0687. The number of ether oxygens (including phenoxy) is 1. The van der Waals surface area contributed by atoms with E-state index in [0.29, 0.717) is 23.5 Å². The molecule has 0 saturated heterocycles. The van der Waals surface area contributed by atoms with Gasteiger partial charge in [0.2, 0.25) is 5.91 Å².